The Hall–Kier alpha value is -2.91. The van der Waals surface area contributed by atoms with E-state index in [0.717, 1.165) is 24.2 Å². The summed E-state index contributed by atoms with van der Waals surface area (Å²) in [7, 11) is -7.64. The third kappa shape index (κ3) is 6.04. The maximum Gasteiger partial charge on any atom is 0.326 e. The van der Waals surface area contributed by atoms with Crippen molar-refractivity contribution in [1.29, 1.82) is 0 Å². The molecule has 0 saturated carbocycles. The Balaban J connectivity index is 1.69. The fraction of sp³-hybridized carbons (Fsp3) is 0.375. The molecular weight excluding hydrogens is 552 g/mol. The number of hydrogen-bond acceptors (Lipinski definition) is 8. The summed E-state index contributed by atoms with van der Waals surface area (Å²) in [5.41, 5.74) is 0.625. The third-order valence-corrected chi connectivity index (χ3v) is 9.96. The summed E-state index contributed by atoms with van der Waals surface area (Å²) in [5.74, 6) is -0.934. The zero-order chi connectivity index (χ0) is 27.7. The molecule has 1 saturated heterocycles. The first-order valence-electron chi connectivity index (χ1n) is 11.9. The maximum atomic E-state index is 13.0. The highest BCUT2D eigenvalue weighted by Crippen LogP contribution is 2.24. The number of carbonyl (C=O) groups is 2. The molecule has 2 aromatic carbocycles. The molecule has 204 valence electrons. The van der Waals surface area contributed by atoms with E-state index in [0.29, 0.717) is 23.3 Å². The molecule has 2 heterocycles. The van der Waals surface area contributed by atoms with Crippen LogP contribution in [0, 0.1) is 5.92 Å². The quantitative estimate of drug-likeness (QED) is 0.419. The molecule has 1 aromatic heterocycles. The molecule has 1 unspecified atom stereocenters. The van der Waals surface area contributed by atoms with Crippen molar-refractivity contribution >= 4 is 53.5 Å². The van der Waals surface area contributed by atoms with Gasteiger partial charge in [0.2, 0.25) is 20.0 Å². The van der Waals surface area contributed by atoms with E-state index in [1.807, 2.05) is 6.92 Å². The number of aromatic nitrogens is 1. The number of ether oxygens (including phenoxy) is 1. The number of thiazole rings is 1. The van der Waals surface area contributed by atoms with Crippen LogP contribution in [0.25, 0.3) is 10.2 Å². The molecule has 11 nitrogen and oxygen atoms in total. The van der Waals surface area contributed by atoms with Gasteiger partial charge in [-0.25, -0.2) is 22.0 Å². The van der Waals surface area contributed by atoms with Crippen LogP contribution in [0.5, 0.6) is 0 Å². The number of benzene rings is 2. The predicted octanol–water partition coefficient (Wildman–Crippen LogP) is 2.07. The van der Waals surface area contributed by atoms with Crippen molar-refractivity contribution < 1.29 is 31.2 Å². The normalized spacial score (nSPS) is 17.6. The van der Waals surface area contributed by atoms with Crippen LogP contribution in [0.15, 0.2) is 57.2 Å². The molecule has 0 radical (unpaired) electrons. The molecule has 0 spiro atoms. The molecule has 1 fully saturated rings. The van der Waals surface area contributed by atoms with Crippen LogP contribution >= 0.6 is 11.3 Å². The Kier molecular flexibility index (Phi) is 8.18. The fourth-order valence-electron chi connectivity index (χ4n) is 4.24. The number of fused-ring (bicyclic) bond motifs is 1. The zero-order valence-electron chi connectivity index (χ0n) is 20.9. The van der Waals surface area contributed by atoms with Gasteiger partial charge in [0.1, 0.15) is 6.54 Å². The van der Waals surface area contributed by atoms with E-state index >= 15 is 0 Å². The van der Waals surface area contributed by atoms with Crippen molar-refractivity contribution in [1.82, 2.24) is 8.87 Å². The first-order valence-corrected chi connectivity index (χ1v) is 15.7. The summed E-state index contributed by atoms with van der Waals surface area (Å²) in [5, 5.41) is 5.24. The average Bonchev–Trinajstić information content (AvgIpc) is 3.19. The number of carbonyl (C=O) groups excluding carboxylic acids is 2. The van der Waals surface area contributed by atoms with Gasteiger partial charge in [-0.05, 0) is 68.1 Å². The molecule has 0 bridgehead atoms. The Bertz CT molecular complexity index is 1660. The van der Waals surface area contributed by atoms with Crippen LogP contribution < -0.4 is 9.94 Å². The summed E-state index contributed by atoms with van der Waals surface area (Å²) in [6, 6.07) is 9.69. The second kappa shape index (κ2) is 11.1. The highest BCUT2D eigenvalue weighted by Gasteiger charge is 2.28. The van der Waals surface area contributed by atoms with Crippen LogP contribution in [0.3, 0.4) is 0 Å². The Morgan fingerprint density at radius 1 is 1.11 bits per heavy atom. The molecule has 1 aliphatic heterocycles. The van der Waals surface area contributed by atoms with Crippen LogP contribution in [-0.2, 0) is 36.1 Å². The summed E-state index contributed by atoms with van der Waals surface area (Å²) >= 11 is 1.01. The first-order chi connectivity index (χ1) is 17.9. The lowest BCUT2D eigenvalue weighted by Gasteiger charge is -2.30. The van der Waals surface area contributed by atoms with E-state index in [4.69, 9.17) is 9.88 Å². The maximum absolute atomic E-state index is 13.0. The van der Waals surface area contributed by atoms with Crippen molar-refractivity contribution in [3.8, 4) is 0 Å². The van der Waals surface area contributed by atoms with E-state index in [2.05, 4.69) is 4.99 Å². The molecule has 1 amide bonds. The molecule has 0 aliphatic carbocycles. The van der Waals surface area contributed by atoms with Gasteiger partial charge in [0, 0.05) is 18.7 Å². The van der Waals surface area contributed by atoms with E-state index < -0.39 is 31.9 Å². The van der Waals surface area contributed by atoms with Crippen molar-refractivity contribution in [2.75, 3.05) is 19.7 Å². The lowest BCUT2D eigenvalue weighted by atomic mass is 10.0. The van der Waals surface area contributed by atoms with Crippen molar-refractivity contribution in [2.45, 2.75) is 43.0 Å². The fourth-order valence-corrected chi connectivity index (χ4v) is 7.52. The summed E-state index contributed by atoms with van der Waals surface area (Å²) in [6.07, 6.45) is 1.79. The zero-order valence-corrected chi connectivity index (χ0v) is 23.3. The van der Waals surface area contributed by atoms with Gasteiger partial charge in [-0.1, -0.05) is 18.3 Å². The largest absolute Gasteiger partial charge is 0.465 e. The Morgan fingerprint density at radius 3 is 2.42 bits per heavy atom. The second-order valence-electron chi connectivity index (χ2n) is 9.00. The van der Waals surface area contributed by atoms with Crippen LogP contribution in [0.4, 0.5) is 0 Å². The summed E-state index contributed by atoms with van der Waals surface area (Å²) in [6.45, 7) is 4.51. The van der Waals surface area contributed by atoms with Gasteiger partial charge in [0.05, 0.1) is 26.6 Å². The van der Waals surface area contributed by atoms with Gasteiger partial charge in [0.25, 0.3) is 5.91 Å². The van der Waals surface area contributed by atoms with Crippen molar-refractivity contribution in [3.63, 3.8) is 0 Å². The lowest BCUT2D eigenvalue weighted by Crippen LogP contribution is -2.39. The highest BCUT2D eigenvalue weighted by atomic mass is 32.2. The minimum atomic E-state index is -3.97. The highest BCUT2D eigenvalue weighted by molar-refractivity contribution is 7.89. The summed E-state index contributed by atoms with van der Waals surface area (Å²) in [4.78, 5) is 29.5. The van der Waals surface area contributed by atoms with Crippen molar-refractivity contribution in [3.05, 3.63) is 52.8 Å². The van der Waals surface area contributed by atoms with Gasteiger partial charge in [0.15, 0.2) is 4.80 Å². The second-order valence-corrected chi connectivity index (χ2v) is 13.5. The lowest BCUT2D eigenvalue weighted by molar-refractivity contribution is -0.143. The molecule has 3 aromatic rings. The van der Waals surface area contributed by atoms with Gasteiger partial charge < -0.3 is 9.30 Å². The number of nitrogens with zero attached hydrogens (tertiary/aromatic N) is 3. The van der Waals surface area contributed by atoms with Crippen LogP contribution in [-0.4, -0.2) is 57.3 Å². The summed E-state index contributed by atoms with van der Waals surface area (Å²) < 4.78 is 58.0. The molecule has 1 aliphatic rings. The SMILES string of the molecule is CCOC(=O)Cn1c(=NC(=O)c2ccc(S(=O)(=O)N3CCCC(C)C3)cc2)sc2cc(S(N)(=O)=O)ccc21. The van der Waals surface area contributed by atoms with Gasteiger partial charge in [-0.2, -0.15) is 9.30 Å². The van der Waals surface area contributed by atoms with Crippen LogP contribution in [0.1, 0.15) is 37.0 Å². The topological polar surface area (TPSA) is 158 Å². The van der Waals surface area contributed by atoms with Gasteiger partial charge >= 0.3 is 5.97 Å². The number of esters is 1. The smallest absolute Gasteiger partial charge is 0.326 e. The molecule has 38 heavy (non-hydrogen) atoms. The van der Waals surface area contributed by atoms with Gasteiger partial charge in [-0.15, -0.1) is 0 Å². The predicted molar refractivity (Wildman–Crippen MR) is 141 cm³/mol. The Labute approximate surface area is 224 Å². The number of primary sulfonamides is 1. The monoisotopic (exact) mass is 580 g/mol. The number of piperidine rings is 1. The molecule has 1 atom stereocenters. The minimum absolute atomic E-state index is 0.0953. The van der Waals surface area contributed by atoms with E-state index in [1.54, 1.807) is 6.92 Å². The Morgan fingerprint density at radius 2 is 1.79 bits per heavy atom. The molecule has 2 N–H and O–H groups in total. The molecular formula is C24H28N4O7S3. The molecule has 14 heteroatoms. The standard InChI is InChI=1S/C24H28N4O7S3/c1-3-35-22(29)15-28-20-11-10-19(37(25,31)32)13-21(20)36-24(28)26-23(30)17-6-8-18(9-7-17)38(33,34)27-12-4-5-16(2)14-27/h6-11,13,16H,3-5,12,14-15H2,1-2H3,(H2,25,31,32). The average molecular weight is 581 g/mol. The van der Waals surface area contributed by atoms with E-state index in [-0.39, 0.29) is 39.2 Å². The van der Waals surface area contributed by atoms with Gasteiger partial charge in [-0.3, -0.25) is 9.59 Å². The number of nitrogens with two attached hydrogens (primary N) is 1. The molecule has 4 rings (SSSR count). The van der Waals surface area contributed by atoms with Crippen LogP contribution in [0.2, 0.25) is 0 Å². The van der Waals surface area contributed by atoms with Crippen molar-refractivity contribution in [2.24, 2.45) is 16.0 Å². The van der Waals surface area contributed by atoms with E-state index in [9.17, 15) is 26.4 Å². The number of amides is 1. The third-order valence-electron chi connectivity index (χ3n) is 6.13. The number of rotatable bonds is 7. The number of sulfonamides is 2. The van der Waals surface area contributed by atoms with E-state index in [1.165, 1.54) is 51.3 Å². The minimum Gasteiger partial charge on any atom is -0.465 e. The number of hydrogen-bond donors (Lipinski definition) is 1. The first kappa shape index (κ1) is 28.1.